The first kappa shape index (κ1) is 9.55. The third-order valence-corrected chi connectivity index (χ3v) is 2.64. The summed E-state index contributed by atoms with van der Waals surface area (Å²) in [6.45, 7) is 0. The summed E-state index contributed by atoms with van der Waals surface area (Å²) >= 11 is 0. The van der Waals surface area contributed by atoms with Gasteiger partial charge in [0.1, 0.15) is 11.6 Å². The molecule has 76 valence electrons. The van der Waals surface area contributed by atoms with E-state index in [-0.39, 0.29) is 5.56 Å². The molecule has 1 aromatic rings. The van der Waals surface area contributed by atoms with Crippen molar-refractivity contribution >= 4 is 0 Å². The molecular formula is C10H11F2NO. The van der Waals surface area contributed by atoms with Crippen LogP contribution in [0.5, 0.6) is 0 Å². The van der Waals surface area contributed by atoms with Gasteiger partial charge >= 0.3 is 0 Å². The molecule has 0 amide bonds. The molecule has 1 atom stereocenters. The van der Waals surface area contributed by atoms with E-state index in [0.29, 0.717) is 12.8 Å². The highest BCUT2D eigenvalue weighted by molar-refractivity contribution is 5.26. The zero-order valence-corrected chi connectivity index (χ0v) is 7.50. The molecule has 0 aromatic heterocycles. The van der Waals surface area contributed by atoms with E-state index >= 15 is 0 Å². The normalized spacial score (nSPS) is 20.6. The first-order valence-corrected chi connectivity index (χ1v) is 4.46. The van der Waals surface area contributed by atoms with E-state index in [2.05, 4.69) is 0 Å². The van der Waals surface area contributed by atoms with Crippen LogP contribution in [-0.4, -0.2) is 10.7 Å². The third-order valence-electron chi connectivity index (χ3n) is 2.64. The number of nitrogens with two attached hydrogens (primary N) is 1. The van der Waals surface area contributed by atoms with Gasteiger partial charge in [-0.1, -0.05) is 6.07 Å². The van der Waals surface area contributed by atoms with Gasteiger partial charge in [-0.15, -0.1) is 0 Å². The monoisotopic (exact) mass is 199 g/mol. The van der Waals surface area contributed by atoms with Crippen molar-refractivity contribution < 1.29 is 13.9 Å². The Morgan fingerprint density at radius 1 is 1.36 bits per heavy atom. The third kappa shape index (κ3) is 1.51. The summed E-state index contributed by atoms with van der Waals surface area (Å²) < 4.78 is 25.8. The summed E-state index contributed by atoms with van der Waals surface area (Å²) in [5.41, 5.74) is 4.86. The summed E-state index contributed by atoms with van der Waals surface area (Å²) in [7, 11) is 0. The van der Waals surface area contributed by atoms with Gasteiger partial charge in [-0.2, -0.15) is 0 Å². The van der Waals surface area contributed by atoms with Gasteiger partial charge in [0.25, 0.3) is 0 Å². The van der Waals surface area contributed by atoms with E-state index in [1.54, 1.807) is 0 Å². The Hall–Kier alpha value is -1.00. The first-order valence-electron chi connectivity index (χ1n) is 4.46. The molecule has 0 saturated heterocycles. The van der Waals surface area contributed by atoms with Crippen LogP contribution in [0.1, 0.15) is 24.4 Å². The maximum Gasteiger partial charge on any atom is 0.130 e. The second kappa shape index (κ2) is 3.00. The maximum absolute atomic E-state index is 13.2. The van der Waals surface area contributed by atoms with E-state index in [1.807, 2.05) is 0 Å². The van der Waals surface area contributed by atoms with Crippen molar-refractivity contribution in [2.45, 2.75) is 24.5 Å². The van der Waals surface area contributed by atoms with Gasteiger partial charge in [-0.05, 0) is 18.9 Å². The molecule has 3 N–H and O–H groups in total. The smallest absolute Gasteiger partial charge is 0.130 e. The highest BCUT2D eigenvalue weighted by Crippen LogP contribution is 2.44. The lowest BCUT2D eigenvalue weighted by Gasteiger charge is -2.18. The fourth-order valence-corrected chi connectivity index (χ4v) is 1.48. The van der Waals surface area contributed by atoms with E-state index in [4.69, 9.17) is 5.73 Å². The number of benzene rings is 1. The molecule has 1 aliphatic rings. The van der Waals surface area contributed by atoms with Crippen molar-refractivity contribution in [3.63, 3.8) is 0 Å². The van der Waals surface area contributed by atoms with E-state index in [0.717, 1.165) is 12.1 Å². The predicted molar refractivity (Wildman–Crippen MR) is 47.5 cm³/mol. The number of rotatable bonds is 2. The molecule has 4 heteroatoms. The molecule has 1 fully saturated rings. The molecule has 2 rings (SSSR count). The number of hydrogen-bond donors (Lipinski definition) is 2. The van der Waals surface area contributed by atoms with Crippen LogP contribution in [0, 0.1) is 11.6 Å². The summed E-state index contributed by atoms with van der Waals surface area (Å²) in [6, 6.07) is 2.44. The molecule has 1 unspecified atom stereocenters. The van der Waals surface area contributed by atoms with Gasteiger partial charge in [-0.3, -0.25) is 0 Å². The van der Waals surface area contributed by atoms with Gasteiger partial charge in [0, 0.05) is 11.6 Å². The second-order valence-corrected chi connectivity index (χ2v) is 3.75. The molecule has 2 nitrogen and oxygen atoms in total. The van der Waals surface area contributed by atoms with E-state index < -0.39 is 23.3 Å². The molecular weight excluding hydrogens is 188 g/mol. The van der Waals surface area contributed by atoms with Crippen LogP contribution in [0.2, 0.25) is 0 Å². The quantitative estimate of drug-likeness (QED) is 0.758. The highest BCUT2D eigenvalue weighted by Gasteiger charge is 2.47. The molecule has 1 aliphatic carbocycles. The summed E-state index contributed by atoms with van der Waals surface area (Å²) in [5.74, 6) is -1.33. The van der Waals surface area contributed by atoms with Crippen LogP contribution in [0.15, 0.2) is 18.2 Å². The van der Waals surface area contributed by atoms with Crippen molar-refractivity contribution in [1.29, 1.82) is 0 Å². The van der Waals surface area contributed by atoms with E-state index in [9.17, 15) is 13.9 Å². The minimum atomic E-state index is -0.987. The van der Waals surface area contributed by atoms with Gasteiger partial charge in [0.05, 0.1) is 11.6 Å². The van der Waals surface area contributed by atoms with Crippen LogP contribution < -0.4 is 5.73 Å². The average molecular weight is 199 g/mol. The van der Waals surface area contributed by atoms with Crippen LogP contribution in [0.25, 0.3) is 0 Å². The zero-order chi connectivity index (χ0) is 10.3. The lowest BCUT2D eigenvalue weighted by Crippen LogP contribution is -2.28. The van der Waals surface area contributed by atoms with Crippen molar-refractivity contribution in [1.82, 2.24) is 0 Å². The lowest BCUT2D eigenvalue weighted by molar-refractivity contribution is 0.118. The van der Waals surface area contributed by atoms with Gasteiger partial charge in [-0.25, -0.2) is 8.78 Å². The van der Waals surface area contributed by atoms with Crippen LogP contribution in [0.4, 0.5) is 8.78 Å². The molecule has 1 aromatic carbocycles. The standard InChI is InChI=1S/C10H11F2NO/c11-6-1-2-7(8(12)5-6)9(13)10(14)3-4-10/h1-2,5,9,14H,3-4,13H2. The average Bonchev–Trinajstić information content (AvgIpc) is 2.84. The van der Waals surface area contributed by atoms with Crippen molar-refractivity contribution in [2.75, 3.05) is 0 Å². The Morgan fingerprint density at radius 2 is 2.00 bits per heavy atom. The number of aliphatic hydroxyl groups is 1. The van der Waals surface area contributed by atoms with Gasteiger partial charge < -0.3 is 10.8 Å². The summed E-state index contributed by atoms with van der Waals surface area (Å²) in [6.07, 6.45) is 1.15. The van der Waals surface area contributed by atoms with Gasteiger partial charge in [0.2, 0.25) is 0 Å². The molecule has 0 spiro atoms. The minimum absolute atomic E-state index is 0.173. The SMILES string of the molecule is NC(c1ccc(F)cc1F)C1(O)CC1. The first-order chi connectivity index (χ1) is 6.53. The Kier molecular flexibility index (Phi) is 2.05. The molecule has 0 bridgehead atoms. The van der Waals surface area contributed by atoms with Crippen molar-refractivity contribution in [3.05, 3.63) is 35.4 Å². The highest BCUT2D eigenvalue weighted by atomic mass is 19.1. The largest absolute Gasteiger partial charge is 0.388 e. The Morgan fingerprint density at radius 3 is 2.50 bits per heavy atom. The van der Waals surface area contributed by atoms with Crippen molar-refractivity contribution in [2.24, 2.45) is 5.73 Å². The van der Waals surface area contributed by atoms with Crippen LogP contribution in [-0.2, 0) is 0 Å². The second-order valence-electron chi connectivity index (χ2n) is 3.75. The summed E-state index contributed by atoms with van der Waals surface area (Å²) in [4.78, 5) is 0. The number of halogens is 2. The molecule has 14 heavy (non-hydrogen) atoms. The lowest BCUT2D eigenvalue weighted by atomic mass is 10.00. The van der Waals surface area contributed by atoms with Gasteiger partial charge in [0.15, 0.2) is 0 Å². The van der Waals surface area contributed by atoms with E-state index in [1.165, 1.54) is 6.07 Å². The molecule has 1 saturated carbocycles. The fraction of sp³-hybridized carbons (Fsp3) is 0.400. The minimum Gasteiger partial charge on any atom is -0.388 e. The summed E-state index contributed by atoms with van der Waals surface area (Å²) in [5, 5.41) is 9.66. The fourth-order valence-electron chi connectivity index (χ4n) is 1.48. The number of hydrogen-bond acceptors (Lipinski definition) is 2. The Bertz CT molecular complexity index is 363. The molecule has 0 heterocycles. The van der Waals surface area contributed by atoms with Crippen LogP contribution >= 0.6 is 0 Å². The van der Waals surface area contributed by atoms with Crippen molar-refractivity contribution in [3.8, 4) is 0 Å². The topological polar surface area (TPSA) is 46.2 Å². The molecule has 0 aliphatic heterocycles. The Labute approximate surface area is 80.4 Å². The maximum atomic E-state index is 13.2. The van der Waals surface area contributed by atoms with Crippen LogP contribution in [0.3, 0.4) is 0 Å². The zero-order valence-electron chi connectivity index (χ0n) is 7.50. The molecule has 0 radical (unpaired) electrons. The Balaban J connectivity index is 2.32. The predicted octanol–water partition coefficient (Wildman–Crippen LogP) is 1.49.